The number of nitrogens with zero attached hydrogens (tertiary/aromatic N) is 4. The van der Waals surface area contributed by atoms with E-state index in [-0.39, 0.29) is 22.8 Å². The molecule has 2 aliphatic heterocycles. The molecular formula is C24H32N4O4S. The smallest absolute Gasteiger partial charge is 0.243 e. The molecule has 0 aliphatic carbocycles. The molecule has 2 fully saturated rings. The van der Waals surface area contributed by atoms with E-state index in [0.29, 0.717) is 31.7 Å². The van der Waals surface area contributed by atoms with Crippen molar-refractivity contribution < 1.29 is 17.9 Å². The minimum absolute atomic E-state index is 0.132. The third-order valence-corrected chi connectivity index (χ3v) is 8.75. The Bertz CT molecular complexity index is 1030. The van der Waals surface area contributed by atoms with Crippen molar-refractivity contribution in [1.29, 1.82) is 0 Å². The number of rotatable bonds is 6. The highest BCUT2D eigenvalue weighted by Gasteiger charge is 2.35. The largest absolute Gasteiger partial charge is 0.497 e. The third-order valence-electron chi connectivity index (χ3n) is 6.83. The predicted molar refractivity (Wildman–Crippen MR) is 127 cm³/mol. The molecule has 4 rings (SSSR count). The zero-order valence-corrected chi connectivity index (χ0v) is 20.1. The predicted octanol–water partition coefficient (Wildman–Crippen LogP) is 2.62. The molecule has 0 radical (unpaired) electrons. The van der Waals surface area contributed by atoms with Crippen molar-refractivity contribution in [2.24, 2.45) is 5.92 Å². The Hall–Kier alpha value is -2.65. The Morgan fingerprint density at radius 3 is 2.24 bits per heavy atom. The number of carbonyl (C=O) groups excluding carboxylic acids is 1. The Balaban J connectivity index is 1.30. The van der Waals surface area contributed by atoms with Crippen molar-refractivity contribution in [3.05, 3.63) is 48.7 Å². The van der Waals surface area contributed by atoms with Crippen LogP contribution in [0.25, 0.3) is 0 Å². The van der Waals surface area contributed by atoms with Crippen LogP contribution in [0.4, 0.5) is 5.82 Å². The van der Waals surface area contributed by atoms with Crippen LogP contribution in [0.2, 0.25) is 0 Å². The number of ether oxygens (including phenoxy) is 1. The maximum absolute atomic E-state index is 13.2. The molecule has 1 amide bonds. The number of piperidine rings is 2. The molecule has 0 unspecified atom stereocenters. The van der Waals surface area contributed by atoms with Gasteiger partial charge in [-0.2, -0.15) is 4.31 Å². The van der Waals surface area contributed by atoms with Crippen molar-refractivity contribution in [3.8, 4) is 5.75 Å². The fourth-order valence-corrected chi connectivity index (χ4v) is 6.20. The van der Waals surface area contributed by atoms with E-state index >= 15 is 0 Å². The van der Waals surface area contributed by atoms with Gasteiger partial charge in [0.05, 0.1) is 12.0 Å². The molecule has 0 N–H and O–H groups in total. The number of benzene rings is 1. The van der Waals surface area contributed by atoms with Crippen molar-refractivity contribution in [3.63, 3.8) is 0 Å². The molecule has 0 spiro atoms. The zero-order chi connectivity index (χ0) is 23.4. The van der Waals surface area contributed by atoms with Gasteiger partial charge in [0, 0.05) is 51.4 Å². The number of methoxy groups -OCH3 is 1. The average Bonchev–Trinajstić information content (AvgIpc) is 2.88. The highest BCUT2D eigenvalue weighted by molar-refractivity contribution is 7.89. The Kier molecular flexibility index (Phi) is 7.19. The maximum atomic E-state index is 13.2. The van der Waals surface area contributed by atoms with E-state index in [0.717, 1.165) is 31.7 Å². The number of pyridine rings is 1. The number of hydrogen-bond donors (Lipinski definition) is 0. The van der Waals surface area contributed by atoms with Crippen molar-refractivity contribution in [2.45, 2.75) is 36.6 Å². The second-order valence-electron chi connectivity index (χ2n) is 8.71. The number of amides is 1. The molecule has 9 heteroatoms. The first-order valence-corrected chi connectivity index (χ1v) is 12.9. The van der Waals surface area contributed by atoms with Crippen LogP contribution >= 0.6 is 0 Å². The van der Waals surface area contributed by atoms with Gasteiger partial charge in [-0.15, -0.1) is 0 Å². The molecule has 2 saturated heterocycles. The third kappa shape index (κ3) is 5.14. The van der Waals surface area contributed by atoms with E-state index in [4.69, 9.17) is 4.74 Å². The van der Waals surface area contributed by atoms with Gasteiger partial charge in [0.15, 0.2) is 0 Å². The van der Waals surface area contributed by atoms with E-state index in [9.17, 15) is 13.2 Å². The van der Waals surface area contributed by atoms with Crippen LogP contribution in [0.3, 0.4) is 0 Å². The van der Waals surface area contributed by atoms with E-state index in [1.807, 2.05) is 30.1 Å². The summed E-state index contributed by atoms with van der Waals surface area (Å²) >= 11 is 0. The average molecular weight is 473 g/mol. The number of sulfonamides is 1. The van der Waals surface area contributed by atoms with Crippen LogP contribution in [-0.2, 0) is 14.8 Å². The summed E-state index contributed by atoms with van der Waals surface area (Å²) < 4.78 is 32.5. The molecule has 178 valence electrons. The molecule has 1 aromatic heterocycles. The lowest BCUT2D eigenvalue weighted by Crippen LogP contribution is -2.49. The maximum Gasteiger partial charge on any atom is 0.243 e. The van der Waals surface area contributed by atoms with Gasteiger partial charge in [-0.25, -0.2) is 13.4 Å². The van der Waals surface area contributed by atoms with Gasteiger partial charge >= 0.3 is 0 Å². The van der Waals surface area contributed by atoms with E-state index in [1.165, 1.54) is 4.31 Å². The van der Waals surface area contributed by atoms with Crippen LogP contribution in [0.5, 0.6) is 5.75 Å². The zero-order valence-electron chi connectivity index (χ0n) is 19.3. The first kappa shape index (κ1) is 23.5. The van der Waals surface area contributed by atoms with E-state index in [1.54, 1.807) is 37.6 Å². The van der Waals surface area contributed by atoms with Crippen molar-refractivity contribution in [2.75, 3.05) is 45.2 Å². The van der Waals surface area contributed by atoms with Gasteiger partial charge in [0.25, 0.3) is 0 Å². The lowest BCUT2D eigenvalue weighted by molar-refractivity contribution is -0.137. The number of anilines is 1. The van der Waals surface area contributed by atoms with Gasteiger partial charge in [-0.05, 0) is 62.1 Å². The quantitative estimate of drug-likeness (QED) is 0.643. The van der Waals surface area contributed by atoms with Crippen LogP contribution in [0.1, 0.15) is 25.7 Å². The van der Waals surface area contributed by atoms with Crippen LogP contribution < -0.4 is 9.64 Å². The lowest BCUT2D eigenvalue weighted by Gasteiger charge is -2.39. The van der Waals surface area contributed by atoms with Gasteiger partial charge in [-0.3, -0.25) is 4.79 Å². The van der Waals surface area contributed by atoms with Gasteiger partial charge in [0.1, 0.15) is 11.6 Å². The molecule has 1 aromatic carbocycles. The number of aromatic nitrogens is 1. The molecule has 0 atom stereocenters. The molecule has 3 heterocycles. The monoisotopic (exact) mass is 472 g/mol. The highest BCUT2D eigenvalue weighted by Crippen LogP contribution is 2.28. The molecular weight excluding hydrogens is 440 g/mol. The lowest BCUT2D eigenvalue weighted by atomic mass is 9.94. The van der Waals surface area contributed by atoms with E-state index in [2.05, 4.69) is 9.88 Å². The molecule has 2 aromatic rings. The second kappa shape index (κ2) is 10.1. The normalized spacial score (nSPS) is 18.8. The molecule has 33 heavy (non-hydrogen) atoms. The summed E-state index contributed by atoms with van der Waals surface area (Å²) in [4.78, 5) is 22.0. The summed E-state index contributed by atoms with van der Waals surface area (Å²) in [6, 6.07) is 12.6. The highest BCUT2D eigenvalue weighted by atomic mass is 32.2. The fraction of sp³-hybridized carbons (Fsp3) is 0.500. The van der Waals surface area contributed by atoms with Crippen molar-refractivity contribution in [1.82, 2.24) is 14.2 Å². The first-order chi connectivity index (χ1) is 15.9. The molecule has 8 nitrogen and oxygen atoms in total. The summed E-state index contributed by atoms with van der Waals surface area (Å²) in [5.41, 5.74) is 0. The fourth-order valence-electron chi connectivity index (χ4n) is 4.73. The standard InChI is InChI=1S/C24H32N4O4S/c1-26(20-12-15-27(16-13-20)23-5-3-4-14-25-23)24(29)19-10-17-28(18-11-19)33(30,31)22-8-6-21(32-2)7-9-22/h3-9,14,19-20H,10-13,15-18H2,1-2H3. The van der Waals surface area contributed by atoms with Crippen LogP contribution in [0, 0.1) is 5.92 Å². The summed E-state index contributed by atoms with van der Waals surface area (Å²) in [6.07, 6.45) is 4.71. The minimum Gasteiger partial charge on any atom is -0.497 e. The molecule has 0 saturated carbocycles. The Morgan fingerprint density at radius 1 is 1.00 bits per heavy atom. The number of carbonyl (C=O) groups is 1. The van der Waals surface area contributed by atoms with Crippen molar-refractivity contribution >= 4 is 21.7 Å². The summed E-state index contributed by atoms with van der Waals surface area (Å²) in [6.45, 7) is 2.46. The number of hydrogen-bond acceptors (Lipinski definition) is 6. The minimum atomic E-state index is -3.57. The summed E-state index contributed by atoms with van der Waals surface area (Å²) in [5, 5.41) is 0. The first-order valence-electron chi connectivity index (χ1n) is 11.5. The van der Waals surface area contributed by atoms with E-state index < -0.39 is 10.0 Å². The topological polar surface area (TPSA) is 83.0 Å². The molecule has 2 aliphatic rings. The second-order valence-corrected chi connectivity index (χ2v) is 10.6. The Morgan fingerprint density at radius 2 is 1.67 bits per heavy atom. The SMILES string of the molecule is COc1ccc(S(=O)(=O)N2CCC(C(=O)N(C)C3CCN(c4ccccn4)CC3)CC2)cc1. The Labute approximate surface area is 196 Å². The van der Waals surface area contributed by atoms with Gasteiger partial charge < -0.3 is 14.5 Å². The summed E-state index contributed by atoms with van der Waals surface area (Å²) in [7, 11) is -0.127. The summed E-state index contributed by atoms with van der Waals surface area (Å²) in [5.74, 6) is 1.60. The van der Waals surface area contributed by atoms with Crippen LogP contribution in [0.15, 0.2) is 53.6 Å². The van der Waals surface area contributed by atoms with Gasteiger partial charge in [-0.1, -0.05) is 6.07 Å². The molecule has 0 bridgehead atoms. The van der Waals surface area contributed by atoms with Gasteiger partial charge in [0.2, 0.25) is 15.9 Å². The van der Waals surface area contributed by atoms with Crippen LogP contribution in [-0.4, -0.2) is 74.9 Å².